The molecule has 0 amide bonds. The number of methoxy groups -OCH3 is 1. The lowest BCUT2D eigenvalue weighted by Crippen LogP contribution is -2.81. The third kappa shape index (κ3) is 4.81. The monoisotopic (exact) mass is 703 g/mol. The fourth-order valence-electron chi connectivity index (χ4n) is 12.7. The van der Waals surface area contributed by atoms with E-state index in [1.807, 2.05) is 18.2 Å². The maximum absolute atomic E-state index is 14.7. The Balaban J connectivity index is 1.26. The molecule has 0 aromatic heterocycles. The van der Waals surface area contributed by atoms with Gasteiger partial charge in [0.25, 0.3) is 0 Å². The largest absolute Gasteiger partial charge is 0.504 e. The number of ketones is 1. The van der Waals surface area contributed by atoms with Gasteiger partial charge in [0.2, 0.25) is 0 Å². The maximum Gasteiger partial charge on any atom is 0.160 e. The molecule has 9 rings (SSSR count). The lowest BCUT2D eigenvalue weighted by molar-refractivity contribution is -0.208. The lowest BCUT2D eigenvalue weighted by Gasteiger charge is -2.75. The Morgan fingerprint density at radius 3 is 2.52 bits per heavy atom. The molecular weight excluding hydrogens is 654 g/mol. The highest BCUT2D eigenvalue weighted by molar-refractivity contribution is 5.81. The fourth-order valence-corrected chi connectivity index (χ4v) is 12.7. The predicted octanol–water partition coefficient (Wildman–Crippen LogP) is 5.96. The number of carbonyl (C=O) groups is 1. The van der Waals surface area contributed by atoms with Crippen LogP contribution in [0, 0.1) is 41.4 Å². The molecule has 3 aromatic carbocycles. The van der Waals surface area contributed by atoms with Gasteiger partial charge in [0.15, 0.2) is 23.0 Å². The van der Waals surface area contributed by atoms with E-state index in [0.717, 1.165) is 48.8 Å². The van der Waals surface area contributed by atoms with Gasteiger partial charge in [0.05, 0.1) is 19.3 Å². The zero-order valence-electron chi connectivity index (χ0n) is 29.8. The van der Waals surface area contributed by atoms with Gasteiger partial charge in [-0.1, -0.05) is 42.2 Å². The molecule has 3 saturated carbocycles. The summed E-state index contributed by atoms with van der Waals surface area (Å²) in [6, 6.07) is 17.0. The van der Waals surface area contributed by atoms with Crippen molar-refractivity contribution in [1.82, 2.24) is 5.32 Å². The van der Waals surface area contributed by atoms with E-state index in [1.54, 1.807) is 18.2 Å². The third-order valence-electron chi connectivity index (χ3n) is 14.7. The van der Waals surface area contributed by atoms with E-state index in [0.29, 0.717) is 42.9 Å². The Kier molecular flexibility index (Phi) is 7.97. The Labute approximate surface area is 305 Å². The number of nitrogens with one attached hydrogen (secondary N) is 1. The third-order valence-corrected chi connectivity index (χ3v) is 14.7. The number of phenols is 3. The summed E-state index contributed by atoms with van der Waals surface area (Å²) in [4.78, 5) is 14.7. The predicted molar refractivity (Wildman–Crippen MR) is 195 cm³/mol. The number of carbonyl (C=O) groups excluding carboxylic acids is 1. The van der Waals surface area contributed by atoms with Crippen LogP contribution < -0.4 is 10.1 Å². The van der Waals surface area contributed by atoms with Crippen LogP contribution in [-0.4, -0.2) is 56.1 Å². The molecule has 6 aliphatic rings. The molecular formula is C44H49NO7. The number of aromatic hydroxyl groups is 3. The van der Waals surface area contributed by atoms with E-state index in [9.17, 15) is 30.3 Å². The summed E-state index contributed by atoms with van der Waals surface area (Å²) in [6.07, 6.45) is 7.07. The lowest BCUT2D eigenvalue weighted by atomic mass is 9.33. The van der Waals surface area contributed by atoms with Crippen LogP contribution in [-0.2, 0) is 23.2 Å². The fraction of sp³-hybridized carbons (Fsp3) is 0.523. The summed E-state index contributed by atoms with van der Waals surface area (Å²) >= 11 is 0. The Morgan fingerprint density at radius 2 is 1.73 bits per heavy atom. The zero-order valence-corrected chi connectivity index (χ0v) is 29.8. The van der Waals surface area contributed by atoms with E-state index in [2.05, 4.69) is 29.3 Å². The molecule has 1 aliphatic heterocycles. The molecule has 6 N–H and O–H groups in total. The van der Waals surface area contributed by atoms with E-state index < -0.39 is 16.9 Å². The number of Topliss-reactive ketones (excluding diaryl/α,β-unsaturated/α-hetero) is 1. The van der Waals surface area contributed by atoms with E-state index in [1.165, 1.54) is 13.2 Å². The smallest absolute Gasteiger partial charge is 0.160 e. The summed E-state index contributed by atoms with van der Waals surface area (Å²) in [7, 11) is 1.49. The second kappa shape index (κ2) is 12.3. The minimum atomic E-state index is -1.33. The number of aliphatic hydroxyl groups excluding tert-OH is 1. The summed E-state index contributed by atoms with van der Waals surface area (Å²) in [5, 5.41) is 60.4. The van der Waals surface area contributed by atoms with Gasteiger partial charge in [-0.2, -0.15) is 0 Å². The molecule has 5 aliphatic carbocycles. The van der Waals surface area contributed by atoms with Gasteiger partial charge in [-0.3, -0.25) is 4.79 Å². The molecule has 4 bridgehead atoms. The van der Waals surface area contributed by atoms with Gasteiger partial charge in [0, 0.05) is 54.0 Å². The average molecular weight is 704 g/mol. The van der Waals surface area contributed by atoms with Crippen molar-refractivity contribution in [3.8, 4) is 34.8 Å². The first kappa shape index (κ1) is 33.8. The van der Waals surface area contributed by atoms with Gasteiger partial charge in [-0.15, -0.1) is 0 Å². The van der Waals surface area contributed by atoms with Crippen molar-refractivity contribution in [2.24, 2.45) is 29.6 Å². The van der Waals surface area contributed by atoms with Crippen LogP contribution in [0.25, 0.3) is 0 Å². The van der Waals surface area contributed by atoms with Crippen molar-refractivity contribution in [3.63, 3.8) is 0 Å². The molecule has 1 heterocycles. The van der Waals surface area contributed by atoms with Crippen LogP contribution in [0.15, 0.2) is 54.6 Å². The number of hydrogen-bond donors (Lipinski definition) is 6. The highest BCUT2D eigenvalue weighted by Gasteiger charge is 2.75. The highest BCUT2D eigenvalue weighted by atomic mass is 16.5. The number of piperidine rings is 1. The quantitative estimate of drug-likeness (QED) is 0.142. The van der Waals surface area contributed by atoms with E-state index in [-0.39, 0.29) is 83.4 Å². The van der Waals surface area contributed by atoms with Gasteiger partial charge >= 0.3 is 0 Å². The van der Waals surface area contributed by atoms with Crippen molar-refractivity contribution in [1.29, 1.82) is 0 Å². The highest BCUT2D eigenvalue weighted by Crippen LogP contribution is 2.73. The summed E-state index contributed by atoms with van der Waals surface area (Å²) in [6.45, 7) is 0.269. The van der Waals surface area contributed by atoms with Crippen LogP contribution >= 0.6 is 0 Å². The van der Waals surface area contributed by atoms with Crippen molar-refractivity contribution >= 4 is 5.78 Å². The number of rotatable bonds is 5. The Bertz CT molecular complexity index is 1990. The normalized spacial score (nSPS) is 37.1. The first-order chi connectivity index (χ1) is 25.1. The Hall–Kier alpha value is -4.03. The SMILES string of the molecule is COc1cc([C@H]2CC(=O)C[C@@]3(O)CC[C@]45CC[C@@H]6CC[C@H]7C[C@@H]6[C@@]4(c4cc(O)c(O)cc47)[C@H]3[C@H](C#C[C@H]2Cc2ccccc2)CN5)c(CO)cc1O. The van der Waals surface area contributed by atoms with E-state index >= 15 is 0 Å². The first-order valence-corrected chi connectivity index (χ1v) is 19.2. The van der Waals surface area contributed by atoms with Crippen molar-refractivity contribution in [2.45, 2.75) is 99.2 Å². The number of hydrogen-bond acceptors (Lipinski definition) is 8. The summed E-state index contributed by atoms with van der Waals surface area (Å²) in [5.74, 6) is 7.05. The molecule has 8 nitrogen and oxygen atoms in total. The van der Waals surface area contributed by atoms with Gasteiger partial charge < -0.3 is 35.6 Å². The van der Waals surface area contributed by atoms with Gasteiger partial charge in [-0.25, -0.2) is 0 Å². The molecule has 272 valence electrons. The molecule has 3 aromatic rings. The maximum atomic E-state index is 14.7. The summed E-state index contributed by atoms with van der Waals surface area (Å²) in [5.41, 5.74) is 2.23. The Morgan fingerprint density at radius 1 is 0.923 bits per heavy atom. The van der Waals surface area contributed by atoms with Crippen LogP contribution in [0.1, 0.15) is 97.4 Å². The van der Waals surface area contributed by atoms with E-state index in [4.69, 9.17) is 4.74 Å². The van der Waals surface area contributed by atoms with Gasteiger partial charge in [-0.05, 0) is 121 Å². The molecule has 8 heteroatoms. The van der Waals surface area contributed by atoms with Crippen molar-refractivity contribution < 1.29 is 35.1 Å². The first-order valence-electron chi connectivity index (χ1n) is 19.2. The number of phenolic OH excluding ortho intramolecular Hbond substituents is 3. The molecule has 52 heavy (non-hydrogen) atoms. The standard InChI is InChI=1S/C44H49NO7/c1-52-40-20-33(30(24-46)17-39(40)50)32-18-31(47)22-42(51)13-14-43-12-11-26-7-8-28-16-35(26)44(43,36-21-38(49)37(48)19-34(28)36)41(42)29(23-45-43)10-9-27(32)15-25-5-3-2-4-6-25/h2-6,17,19-21,26-29,32,35,41,45-46,48-51H,7-8,11-16,18,22-24H2,1H3/t26-,27-,28-,29+,32-,35-,41-,42-,43+,44+/m0/s1. The number of ether oxygens (including phenoxy) is 1. The zero-order chi connectivity index (χ0) is 36.0. The topological polar surface area (TPSA) is 139 Å². The summed E-state index contributed by atoms with van der Waals surface area (Å²) < 4.78 is 5.51. The molecule has 0 radical (unpaired) electrons. The molecule has 1 spiro atoms. The van der Waals surface area contributed by atoms with Crippen LogP contribution in [0.3, 0.4) is 0 Å². The number of fused-ring (bicyclic) bond motifs is 3. The second-order valence-electron chi connectivity index (χ2n) is 16.9. The minimum Gasteiger partial charge on any atom is -0.504 e. The van der Waals surface area contributed by atoms with Crippen LogP contribution in [0.4, 0.5) is 0 Å². The molecule has 4 fully saturated rings. The number of benzene rings is 3. The van der Waals surface area contributed by atoms with Crippen molar-refractivity contribution in [2.75, 3.05) is 13.7 Å². The van der Waals surface area contributed by atoms with Gasteiger partial charge in [0.1, 0.15) is 5.78 Å². The van der Waals surface area contributed by atoms with Crippen LogP contribution in [0.2, 0.25) is 0 Å². The minimum absolute atomic E-state index is 0.00781. The van der Waals surface area contributed by atoms with Crippen molar-refractivity contribution in [3.05, 3.63) is 82.4 Å². The molecule has 1 saturated heterocycles. The molecule has 0 unspecified atom stereocenters. The number of aliphatic hydroxyl groups is 2. The van der Waals surface area contributed by atoms with Crippen LogP contribution in [0.5, 0.6) is 23.0 Å². The second-order valence-corrected chi connectivity index (χ2v) is 16.9. The average Bonchev–Trinajstić information content (AvgIpc) is 3.14. The molecule has 10 atom stereocenters.